The minimum absolute atomic E-state index is 0.0334. The van der Waals surface area contributed by atoms with Crippen molar-refractivity contribution in [1.29, 1.82) is 0 Å². The summed E-state index contributed by atoms with van der Waals surface area (Å²) >= 11 is 12.2. The van der Waals surface area contributed by atoms with Crippen LogP contribution >= 0.6 is 23.2 Å². The van der Waals surface area contributed by atoms with E-state index in [0.29, 0.717) is 5.56 Å². The van der Waals surface area contributed by atoms with Gasteiger partial charge in [0.2, 0.25) is 10.0 Å². The number of nitrogens with zero attached hydrogens (tertiary/aromatic N) is 1. The predicted octanol–water partition coefficient (Wildman–Crippen LogP) is 3.43. The molecule has 21 heavy (non-hydrogen) atoms. The first-order chi connectivity index (χ1) is 9.55. The zero-order valence-electron chi connectivity index (χ0n) is 12.4. The van der Waals surface area contributed by atoms with Crippen molar-refractivity contribution in [2.45, 2.75) is 37.8 Å². The maximum atomic E-state index is 12.9. The fraction of sp³-hybridized carbons (Fsp3) is 0.429. The van der Waals surface area contributed by atoms with Gasteiger partial charge in [-0.2, -0.15) is 4.31 Å². The molecule has 0 amide bonds. The minimum Gasteiger partial charge on any atom is -0.326 e. The van der Waals surface area contributed by atoms with Crippen LogP contribution in [0.15, 0.2) is 29.7 Å². The molecule has 0 bridgehead atoms. The quantitative estimate of drug-likeness (QED) is 0.827. The minimum atomic E-state index is -3.82. The fourth-order valence-electron chi connectivity index (χ4n) is 1.92. The highest BCUT2D eigenvalue weighted by Gasteiger charge is 2.35. The van der Waals surface area contributed by atoms with Gasteiger partial charge in [-0.1, -0.05) is 29.3 Å². The second-order valence-corrected chi connectivity index (χ2v) is 8.22. The molecule has 0 aliphatic carbocycles. The summed E-state index contributed by atoms with van der Waals surface area (Å²) in [5.74, 6) is 0. The molecular weight excluding hydrogens is 331 g/mol. The Morgan fingerprint density at radius 2 is 1.90 bits per heavy atom. The van der Waals surface area contributed by atoms with Crippen molar-refractivity contribution >= 4 is 33.2 Å². The lowest BCUT2D eigenvalue weighted by atomic mass is 10.1. The van der Waals surface area contributed by atoms with Crippen LogP contribution in [0.2, 0.25) is 10.0 Å². The largest absolute Gasteiger partial charge is 0.326 e. The highest BCUT2D eigenvalue weighted by Crippen LogP contribution is 2.33. The van der Waals surface area contributed by atoms with Crippen LogP contribution in [0, 0.1) is 0 Å². The van der Waals surface area contributed by atoms with Gasteiger partial charge in [0, 0.05) is 23.7 Å². The van der Waals surface area contributed by atoms with Gasteiger partial charge in [0.1, 0.15) is 4.90 Å². The van der Waals surface area contributed by atoms with Crippen molar-refractivity contribution in [3.8, 4) is 0 Å². The Labute approximate surface area is 136 Å². The molecule has 1 rings (SSSR count). The summed E-state index contributed by atoms with van der Waals surface area (Å²) in [5.41, 5.74) is 5.46. The van der Waals surface area contributed by atoms with E-state index in [1.807, 2.05) is 0 Å². The Morgan fingerprint density at radius 1 is 1.33 bits per heavy atom. The Hall–Kier alpha value is -0.590. The maximum absolute atomic E-state index is 12.9. The molecule has 0 aliphatic heterocycles. The number of benzene rings is 1. The lowest BCUT2D eigenvalue weighted by molar-refractivity contribution is 0.270. The van der Waals surface area contributed by atoms with Crippen LogP contribution in [0.3, 0.4) is 0 Å². The first-order valence-corrected chi connectivity index (χ1v) is 8.57. The Balaban J connectivity index is 3.56. The molecule has 0 aromatic heterocycles. The molecular formula is C14H20Cl2N2O2S. The second kappa shape index (κ2) is 6.67. The van der Waals surface area contributed by atoms with Crippen LogP contribution in [-0.4, -0.2) is 24.8 Å². The number of rotatable bonds is 5. The van der Waals surface area contributed by atoms with E-state index in [1.165, 1.54) is 16.4 Å². The molecule has 0 atom stereocenters. The zero-order chi connectivity index (χ0) is 16.4. The summed E-state index contributed by atoms with van der Waals surface area (Å²) < 4.78 is 27.1. The highest BCUT2D eigenvalue weighted by atomic mass is 35.5. The number of hydrogen-bond acceptors (Lipinski definition) is 3. The van der Waals surface area contributed by atoms with Crippen LogP contribution < -0.4 is 5.73 Å². The third-order valence-corrected chi connectivity index (χ3v) is 5.84. The van der Waals surface area contributed by atoms with Crippen LogP contribution in [-0.2, 0) is 16.6 Å². The summed E-state index contributed by atoms with van der Waals surface area (Å²) in [5, 5.41) is 0.395. The lowest BCUT2D eigenvalue weighted by Gasteiger charge is -2.34. The Kier molecular flexibility index (Phi) is 5.86. The van der Waals surface area contributed by atoms with E-state index in [2.05, 4.69) is 6.58 Å². The molecule has 0 radical (unpaired) electrons. The third-order valence-electron chi connectivity index (χ3n) is 2.91. The van der Waals surface area contributed by atoms with E-state index in [1.54, 1.807) is 26.8 Å². The Bertz CT molecular complexity index is 637. The molecule has 118 valence electrons. The molecule has 0 fully saturated rings. The first-order valence-electron chi connectivity index (χ1n) is 6.37. The summed E-state index contributed by atoms with van der Waals surface area (Å²) in [6.45, 7) is 9.30. The molecule has 0 saturated heterocycles. The van der Waals surface area contributed by atoms with Crippen LogP contribution in [0.4, 0.5) is 0 Å². The molecule has 7 heteroatoms. The van der Waals surface area contributed by atoms with Crippen molar-refractivity contribution in [1.82, 2.24) is 4.31 Å². The average molecular weight is 351 g/mol. The summed E-state index contributed by atoms with van der Waals surface area (Å²) in [7, 11) is -3.82. The summed E-state index contributed by atoms with van der Waals surface area (Å²) in [6, 6.07) is 2.91. The molecule has 0 saturated carbocycles. The van der Waals surface area contributed by atoms with Crippen molar-refractivity contribution in [2.24, 2.45) is 5.73 Å². The van der Waals surface area contributed by atoms with Crippen molar-refractivity contribution in [3.63, 3.8) is 0 Å². The van der Waals surface area contributed by atoms with E-state index < -0.39 is 15.6 Å². The molecule has 0 aliphatic rings. The molecule has 1 aromatic rings. The van der Waals surface area contributed by atoms with Crippen molar-refractivity contribution < 1.29 is 8.42 Å². The van der Waals surface area contributed by atoms with Gasteiger partial charge >= 0.3 is 0 Å². The third kappa shape index (κ3) is 3.99. The topological polar surface area (TPSA) is 63.4 Å². The standard InChI is InChI=1S/C14H20Cl2N2O2S/c1-5-6-18(14(2,3)4)21(19,20)12-8-11(15)7-10(9-17)13(12)16/h5,7-8H,1,6,9,17H2,2-4H3. The predicted molar refractivity (Wildman–Crippen MR) is 88.2 cm³/mol. The lowest BCUT2D eigenvalue weighted by Crippen LogP contribution is -2.45. The number of halogens is 2. The van der Waals surface area contributed by atoms with E-state index in [9.17, 15) is 8.42 Å². The van der Waals surface area contributed by atoms with Gasteiger partial charge in [-0.05, 0) is 38.5 Å². The van der Waals surface area contributed by atoms with Crippen LogP contribution in [0.25, 0.3) is 0 Å². The van der Waals surface area contributed by atoms with E-state index in [-0.39, 0.29) is 28.0 Å². The molecule has 0 heterocycles. The molecule has 1 aromatic carbocycles. The summed E-state index contributed by atoms with van der Waals surface area (Å²) in [6.07, 6.45) is 1.53. The second-order valence-electron chi connectivity index (χ2n) is 5.58. The van der Waals surface area contributed by atoms with Gasteiger partial charge in [0.05, 0.1) is 5.02 Å². The highest BCUT2D eigenvalue weighted by molar-refractivity contribution is 7.89. The molecule has 0 spiro atoms. The van der Waals surface area contributed by atoms with Crippen molar-refractivity contribution in [2.75, 3.05) is 6.54 Å². The van der Waals surface area contributed by atoms with Gasteiger partial charge < -0.3 is 5.73 Å². The smallest absolute Gasteiger partial charge is 0.245 e. The molecule has 4 nitrogen and oxygen atoms in total. The van der Waals surface area contributed by atoms with Gasteiger partial charge in [-0.25, -0.2) is 8.42 Å². The van der Waals surface area contributed by atoms with E-state index >= 15 is 0 Å². The number of nitrogens with two attached hydrogens (primary N) is 1. The van der Waals surface area contributed by atoms with Gasteiger partial charge in [0.15, 0.2) is 0 Å². The first kappa shape index (κ1) is 18.5. The molecule has 0 unspecified atom stereocenters. The van der Waals surface area contributed by atoms with Crippen LogP contribution in [0.5, 0.6) is 0 Å². The van der Waals surface area contributed by atoms with Gasteiger partial charge in [0.25, 0.3) is 0 Å². The molecule has 2 N–H and O–H groups in total. The Morgan fingerprint density at radius 3 is 2.33 bits per heavy atom. The van der Waals surface area contributed by atoms with Gasteiger partial charge in [-0.3, -0.25) is 0 Å². The zero-order valence-corrected chi connectivity index (χ0v) is 14.7. The van der Waals surface area contributed by atoms with E-state index in [4.69, 9.17) is 28.9 Å². The van der Waals surface area contributed by atoms with E-state index in [0.717, 1.165) is 0 Å². The SMILES string of the molecule is C=CCN(C(C)(C)C)S(=O)(=O)c1cc(Cl)cc(CN)c1Cl. The number of sulfonamides is 1. The summed E-state index contributed by atoms with van der Waals surface area (Å²) in [4.78, 5) is -0.0334. The average Bonchev–Trinajstić information content (AvgIpc) is 2.36. The normalized spacial score (nSPS) is 12.7. The van der Waals surface area contributed by atoms with Crippen molar-refractivity contribution in [3.05, 3.63) is 40.4 Å². The monoisotopic (exact) mass is 350 g/mol. The fourth-order valence-corrected chi connectivity index (χ4v) is 4.60. The van der Waals surface area contributed by atoms with Gasteiger partial charge in [-0.15, -0.1) is 6.58 Å². The maximum Gasteiger partial charge on any atom is 0.245 e. The number of hydrogen-bond donors (Lipinski definition) is 1. The van der Waals surface area contributed by atoms with Crippen LogP contribution in [0.1, 0.15) is 26.3 Å².